The van der Waals surface area contributed by atoms with Gasteiger partial charge in [0, 0.05) is 36.3 Å². The molecule has 1 saturated heterocycles. The number of aliphatic imine (C=N–C) groups is 1. The molecule has 0 aliphatic carbocycles. The van der Waals surface area contributed by atoms with Crippen molar-refractivity contribution in [3.63, 3.8) is 0 Å². The summed E-state index contributed by atoms with van der Waals surface area (Å²) in [6.07, 6.45) is 0.408. The summed E-state index contributed by atoms with van der Waals surface area (Å²) in [6.45, 7) is 3.41. The van der Waals surface area contributed by atoms with Gasteiger partial charge in [0.25, 0.3) is 5.91 Å². The fourth-order valence-electron chi connectivity index (χ4n) is 4.25. The molecule has 4 rings (SSSR count). The maximum absolute atomic E-state index is 13.4. The van der Waals surface area contributed by atoms with Gasteiger partial charge in [-0.05, 0) is 50.2 Å². The molecule has 2 aromatic rings. The van der Waals surface area contributed by atoms with E-state index < -0.39 is 6.17 Å². The Labute approximate surface area is 209 Å². The molecule has 0 aromatic heterocycles. The molecule has 0 radical (unpaired) electrons. The SMILES string of the molecule is CCOC(=O)C1CCN(C(=S)NC2N=C(c3ccccc3)c3cc(Cl)ccc3N(C)C2=O)CC1. The van der Waals surface area contributed by atoms with Crippen molar-refractivity contribution in [1.82, 2.24) is 10.2 Å². The number of anilines is 1. The van der Waals surface area contributed by atoms with Gasteiger partial charge in [-0.1, -0.05) is 41.9 Å². The molecule has 0 spiro atoms. The number of rotatable bonds is 4. The third-order valence-corrected chi connectivity index (χ3v) is 6.72. The first-order valence-corrected chi connectivity index (χ1v) is 12.1. The number of benzene rings is 2. The maximum atomic E-state index is 13.4. The largest absolute Gasteiger partial charge is 0.466 e. The summed E-state index contributed by atoms with van der Waals surface area (Å²) in [5, 5.41) is 4.16. The highest BCUT2D eigenvalue weighted by atomic mass is 35.5. The van der Waals surface area contributed by atoms with Crippen LogP contribution in [0.25, 0.3) is 0 Å². The summed E-state index contributed by atoms with van der Waals surface area (Å²) in [7, 11) is 1.72. The summed E-state index contributed by atoms with van der Waals surface area (Å²) >= 11 is 12.0. The molecule has 1 amide bonds. The van der Waals surface area contributed by atoms with Crippen LogP contribution in [-0.2, 0) is 14.3 Å². The molecule has 178 valence electrons. The van der Waals surface area contributed by atoms with Crippen LogP contribution in [0.5, 0.6) is 0 Å². The fourth-order valence-corrected chi connectivity index (χ4v) is 4.72. The van der Waals surface area contributed by atoms with Crippen molar-refractivity contribution in [2.45, 2.75) is 25.9 Å². The van der Waals surface area contributed by atoms with Crippen LogP contribution in [0, 0.1) is 5.92 Å². The highest BCUT2D eigenvalue weighted by Crippen LogP contribution is 2.30. The molecular weight excluding hydrogens is 472 g/mol. The Kier molecular flexibility index (Phi) is 7.48. The minimum atomic E-state index is -0.901. The fraction of sp³-hybridized carbons (Fsp3) is 0.360. The third-order valence-electron chi connectivity index (χ3n) is 6.11. The molecule has 2 aromatic carbocycles. The van der Waals surface area contributed by atoms with Crippen LogP contribution < -0.4 is 10.2 Å². The summed E-state index contributed by atoms with van der Waals surface area (Å²) in [6, 6.07) is 15.1. The first kappa shape index (κ1) is 24.2. The van der Waals surface area contributed by atoms with Crippen molar-refractivity contribution in [2.75, 3.05) is 31.6 Å². The Morgan fingerprint density at radius 1 is 1.21 bits per heavy atom. The second-order valence-corrected chi connectivity index (χ2v) is 9.09. The smallest absolute Gasteiger partial charge is 0.309 e. The predicted octanol–water partition coefficient (Wildman–Crippen LogP) is 3.63. The van der Waals surface area contributed by atoms with Gasteiger partial charge in [0.2, 0.25) is 6.17 Å². The molecule has 9 heteroatoms. The van der Waals surface area contributed by atoms with E-state index in [-0.39, 0.29) is 17.8 Å². The molecule has 2 aliphatic heterocycles. The zero-order chi connectivity index (χ0) is 24.2. The number of likely N-dealkylation sites (tertiary alicyclic amines) is 1. The molecular formula is C25H27ClN4O3S. The van der Waals surface area contributed by atoms with Crippen molar-refractivity contribution < 1.29 is 14.3 Å². The second kappa shape index (κ2) is 10.5. The Bertz CT molecular complexity index is 1120. The van der Waals surface area contributed by atoms with Gasteiger partial charge in [-0.3, -0.25) is 9.59 Å². The van der Waals surface area contributed by atoms with Crippen LogP contribution in [0.2, 0.25) is 5.02 Å². The lowest BCUT2D eigenvalue weighted by Gasteiger charge is -2.34. The van der Waals surface area contributed by atoms with Gasteiger partial charge in [-0.15, -0.1) is 0 Å². The molecule has 34 heavy (non-hydrogen) atoms. The lowest BCUT2D eigenvalue weighted by molar-refractivity contribution is -0.149. The van der Waals surface area contributed by atoms with Gasteiger partial charge in [-0.2, -0.15) is 0 Å². The van der Waals surface area contributed by atoms with Gasteiger partial charge in [0.05, 0.1) is 23.9 Å². The number of carbonyl (C=O) groups excluding carboxylic acids is 2. The number of hydrogen-bond donors (Lipinski definition) is 1. The quantitative estimate of drug-likeness (QED) is 0.512. The third kappa shape index (κ3) is 5.08. The topological polar surface area (TPSA) is 74.2 Å². The molecule has 1 unspecified atom stereocenters. The van der Waals surface area contributed by atoms with E-state index in [0.717, 1.165) is 16.8 Å². The Morgan fingerprint density at radius 2 is 1.91 bits per heavy atom. The molecule has 1 fully saturated rings. The van der Waals surface area contributed by atoms with E-state index in [1.54, 1.807) is 18.0 Å². The normalized spacial score (nSPS) is 18.6. The number of nitrogens with zero attached hydrogens (tertiary/aromatic N) is 3. The number of esters is 1. The summed E-state index contributed by atoms with van der Waals surface area (Å²) in [4.78, 5) is 33.8. The van der Waals surface area contributed by atoms with E-state index in [4.69, 9.17) is 33.5 Å². The van der Waals surface area contributed by atoms with Crippen LogP contribution in [-0.4, -0.2) is 60.5 Å². The predicted molar refractivity (Wildman–Crippen MR) is 137 cm³/mol. The van der Waals surface area contributed by atoms with Gasteiger partial charge >= 0.3 is 5.97 Å². The van der Waals surface area contributed by atoms with Crippen LogP contribution in [0.1, 0.15) is 30.9 Å². The van der Waals surface area contributed by atoms with E-state index in [9.17, 15) is 9.59 Å². The minimum absolute atomic E-state index is 0.119. The average Bonchev–Trinajstić information content (AvgIpc) is 2.95. The van der Waals surface area contributed by atoms with Crippen molar-refractivity contribution in [3.05, 3.63) is 64.7 Å². The lowest BCUT2D eigenvalue weighted by atomic mass is 9.97. The van der Waals surface area contributed by atoms with Crippen LogP contribution in [0.4, 0.5) is 5.69 Å². The molecule has 0 saturated carbocycles. The number of amides is 1. The number of carbonyl (C=O) groups is 2. The van der Waals surface area contributed by atoms with E-state index >= 15 is 0 Å². The molecule has 2 aliphatic rings. The molecule has 2 heterocycles. The highest BCUT2D eigenvalue weighted by Gasteiger charge is 2.33. The van der Waals surface area contributed by atoms with Crippen LogP contribution in [0.3, 0.4) is 0 Å². The monoisotopic (exact) mass is 498 g/mol. The van der Waals surface area contributed by atoms with Crippen LogP contribution >= 0.6 is 23.8 Å². The van der Waals surface area contributed by atoms with E-state index in [2.05, 4.69) is 5.32 Å². The number of thiocarbonyl (C=S) groups is 1. The number of piperidine rings is 1. The number of ether oxygens (including phenoxy) is 1. The minimum Gasteiger partial charge on any atom is -0.466 e. The number of likely N-dealkylation sites (N-methyl/N-ethyl adjacent to an activating group) is 1. The van der Waals surface area contributed by atoms with Crippen LogP contribution in [0.15, 0.2) is 53.5 Å². The average molecular weight is 499 g/mol. The highest BCUT2D eigenvalue weighted by molar-refractivity contribution is 7.80. The summed E-state index contributed by atoms with van der Waals surface area (Å²) in [5.41, 5.74) is 3.04. The van der Waals surface area contributed by atoms with Gasteiger partial charge in [-0.25, -0.2) is 4.99 Å². The standard InChI is InChI=1S/C25H27ClN4O3S/c1-3-33-24(32)17-11-13-30(14-12-17)25(34)28-22-23(31)29(2)20-10-9-18(26)15-19(20)21(27-22)16-7-5-4-6-8-16/h4-10,15,17,22H,3,11-14H2,1-2H3,(H,28,34). The zero-order valence-corrected chi connectivity index (χ0v) is 20.7. The Morgan fingerprint density at radius 3 is 2.59 bits per heavy atom. The van der Waals surface area contributed by atoms with E-state index in [0.29, 0.717) is 48.4 Å². The van der Waals surface area contributed by atoms with Gasteiger partial charge in [0.15, 0.2) is 5.11 Å². The lowest BCUT2D eigenvalue weighted by Crippen LogP contribution is -2.52. The Hall–Kier alpha value is -2.97. The number of hydrogen-bond acceptors (Lipinski definition) is 5. The van der Waals surface area contributed by atoms with Crippen molar-refractivity contribution in [3.8, 4) is 0 Å². The number of halogens is 1. The van der Waals surface area contributed by atoms with Crippen molar-refractivity contribution >= 4 is 52.2 Å². The number of fused-ring (bicyclic) bond motifs is 1. The van der Waals surface area contributed by atoms with E-state index in [1.807, 2.05) is 54.3 Å². The first-order chi connectivity index (χ1) is 16.4. The zero-order valence-electron chi connectivity index (χ0n) is 19.2. The first-order valence-electron chi connectivity index (χ1n) is 11.3. The molecule has 1 atom stereocenters. The second-order valence-electron chi connectivity index (χ2n) is 8.27. The molecule has 0 bridgehead atoms. The van der Waals surface area contributed by atoms with Crippen molar-refractivity contribution in [1.29, 1.82) is 0 Å². The van der Waals surface area contributed by atoms with Crippen molar-refractivity contribution in [2.24, 2.45) is 10.9 Å². The molecule has 1 N–H and O–H groups in total. The summed E-state index contributed by atoms with van der Waals surface area (Å²) in [5.74, 6) is -0.500. The number of benzodiazepines with no additional fused rings is 1. The van der Waals surface area contributed by atoms with Gasteiger partial charge < -0.3 is 19.9 Å². The Balaban J connectivity index is 1.58. The van der Waals surface area contributed by atoms with E-state index in [1.165, 1.54) is 0 Å². The summed E-state index contributed by atoms with van der Waals surface area (Å²) < 4.78 is 5.15. The number of nitrogens with one attached hydrogen (secondary N) is 1. The van der Waals surface area contributed by atoms with Gasteiger partial charge in [0.1, 0.15) is 0 Å². The maximum Gasteiger partial charge on any atom is 0.309 e. The molecule has 7 nitrogen and oxygen atoms in total.